The summed E-state index contributed by atoms with van der Waals surface area (Å²) in [7, 11) is 1.65. The standard InChI is InChI=1S/C18H21FN4O/c1-20-18(21-12-11-14-5-3-2-4-6-14)22-13-17(24)23-16-9-7-15(19)8-10-16/h2-10H,11-13H2,1H3,(H,23,24)(H2,20,21,22). The van der Waals surface area contributed by atoms with Crippen molar-refractivity contribution in [3.05, 3.63) is 66.0 Å². The number of anilines is 1. The average Bonchev–Trinajstić information content (AvgIpc) is 2.61. The van der Waals surface area contributed by atoms with Gasteiger partial charge in [0.05, 0.1) is 6.54 Å². The summed E-state index contributed by atoms with van der Waals surface area (Å²) in [6, 6.07) is 15.7. The Balaban J connectivity index is 1.70. The van der Waals surface area contributed by atoms with Gasteiger partial charge < -0.3 is 16.0 Å². The van der Waals surface area contributed by atoms with Gasteiger partial charge in [-0.15, -0.1) is 0 Å². The third-order valence-electron chi connectivity index (χ3n) is 3.32. The highest BCUT2D eigenvalue weighted by atomic mass is 19.1. The molecule has 0 spiro atoms. The summed E-state index contributed by atoms with van der Waals surface area (Å²) in [5, 5.41) is 8.77. The number of amides is 1. The van der Waals surface area contributed by atoms with Crippen LogP contribution in [-0.2, 0) is 11.2 Å². The fourth-order valence-electron chi connectivity index (χ4n) is 2.09. The summed E-state index contributed by atoms with van der Waals surface area (Å²) in [6.07, 6.45) is 0.864. The van der Waals surface area contributed by atoms with E-state index in [1.54, 1.807) is 7.05 Å². The number of aliphatic imine (C=N–C) groups is 1. The average molecular weight is 328 g/mol. The number of nitrogens with one attached hydrogen (secondary N) is 3. The van der Waals surface area contributed by atoms with Crippen molar-refractivity contribution < 1.29 is 9.18 Å². The monoisotopic (exact) mass is 328 g/mol. The minimum atomic E-state index is -0.339. The molecular weight excluding hydrogens is 307 g/mol. The highest BCUT2D eigenvalue weighted by Gasteiger charge is 2.04. The van der Waals surface area contributed by atoms with E-state index in [1.807, 2.05) is 18.2 Å². The van der Waals surface area contributed by atoms with Crippen LogP contribution in [0.25, 0.3) is 0 Å². The van der Waals surface area contributed by atoms with Crippen LogP contribution in [0.5, 0.6) is 0 Å². The number of hydrogen-bond donors (Lipinski definition) is 3. The van der Waals surface area contributed by atoms with Crippen LogP contribution >= 0.6 is 0 Å². The Labute approximate surface area is 141 Å². The molecule has 0 aliphatic carbocycles. The Morgan fingerprint density at radius 2 is 1.75 bits per heavy atom. The van der Waals surface area contributed by atoms with Crippen molar-refractivity contribution >= 4 is 17.6 Å². The van der Waals surface area contributed by atoms with Crippen molar-refractivity contribution in [2.75, 3.05) is 25.5 Å². The number of halogens is 1. The fraction of sp³-hybridized carbons (Fsp3) is 0.222. The fourth-order valence-corrected chi connectivity index (χ4v) is 2.09. The summed E-state index contributed by atoms with van der Waals surface area (Å²) >= 11 is 0. The number of carbonyl (C=O) groups excluding carboxylic acids is 1. The molecule has 2 aromatic carbocycles. The normalized spacial score (nSPS) is 11.0. The molecule has 24 heavy (non-hydrogen) atoms. The highest BCUT2D eigenvalue weighted by Crippen LogP contribution is 2.07. The number of nitrogens with zero attached hydrogens (tertiary/aromatic N) is 1. The maximum atomic E-state index is 12.8. The van der Waals surface area contributed by atoms with E-state index in [0.717, 1.165) is 6.42 Å². The Bertz CT molecular complexity index is 671. The van der Waals surface area contributed by atoms with Gasteiger partial charge in [-0.25, -0.2) is 4.39 Å². The molecule has 0 unspecified atom stereocenters. The Morgan fingerprint density at radius 3 is 2.42 bits per heavy atom. The van der Waals surface area contributed by atoms with Gasteiger partial charge in [-0.05, 0) is 36.2 Å². The van der Waals surface area contributed by atoms with E-state index < -0.39 is 0 Å². The van der Waals surface area contributed by atoms with Crippen LogP contribution in [0.1, 0.15) is 5.56 Å². The largest absolute Gasteiger partial charge is 0.356 e. The maximum absolute atomic E-state index is 12.8. The Kier molecular flexibility index (Phi) is 6.76. The minimum absolute atomic E-state index is 0.0718. The van der Waals surface area contributed by atoms with Crippen LogP contribution in [0.2, 0.25) is 0 Å². The van der Waals surface area contributed by atoms with Gasteiger partial charge in [0.25, 0.3) is 0 Å². The van der Waals surface area contributed by atoms with Gasteiger partial charge in [0.2, 0.25) is 5.91 Å². The van der Waals surface area contributed by atoms with Gasteiger partial charge in [0.15, 0.2) is 5.96 Å². The molecule has 0 bridgehead atoms. The van der Waals surface area contributed by atoms with Crippen molar-refractivity contribution in [3.8, 4) is 0 Å². The van der Waals surface area contributed by atoms with Gasteiger partial charge in [0, 0.05) is 19.3 Å². The lowest BCUT2D eigenvalue weighted by Gasteiger charge is -2.12. The summed E-state index contributed by atoms with van der Waals surface area (Å²) in [6.45, 7) is 0.783. The number of rotatable bonds is 6. The lowest BCUT2D eigenvalue weighted by atomic mass is 10.1. The first-order valence-corrected chi connectivity index (χ1v) is 7.71. The molecule has 126 valence electrons. The minimum Gasteiger partial charge on any atom is -0.356 e. The van der Waals surface area contributed by atoms with E-state index in [1.165, 1.54) is 29.8 Å². The van der Waals surface area contributed by atoms with Crippen molar-refractivity contribution in [1.82, 2.24) is 10.6 Å². The van der Waals surface area contributed by atoms with Crippen molar-refractivity contribution in [3.63, 3.8) is 0 Å². The molecule has 0 fully saturated rings. The van der Waals surface area contributed by atoms with Crippen molar-refractivity contribution in [2.24, 2.45) is 4.99 Å². The molecule has 2 rings (SSSR count). The summed E-state index contributed by atoms with van der Waals surface area (Å²) in [5.41, 5.74) is 1.78. The summed E-state index contributed by atoms with van der Waals surface area (Å²) < 4.78 is 12.8. The topological polar surface area (TPSA) is 65.5 Å². The van der Waals surface area contributed by atoms with E-state index in [2.05, 4.69) is 33.1 Å². The molecule has 0 aromatic heterocycles. The zero-order valence-electron chi connectivity index (χ0n) is 13.6. The van der Waals surface area contributed by atoms with Crippen LogP contribution < -0.4 is 16.0 Å². The van der Waals surface area contributed by atoms with Gasteiger partial charge in [0.1, 0.15) is 5.82 Å². The quantitative estimate of drug-likeness (QED) is 0.562. The van der Waals surface area contributed by atoms with Crippen LogP contribution in [0, 0.1) is 5.82 Å². The molecule has 3 N–H and O–H groups in total. The highest BCUT2D eigenvalue weighted by molar-refractivity contribution is 5.94. The molecule has 2 aromatic rings. The molecule has 6 heteroatoms. The van der Waals surface area contributed by atoms with Crippen molar-refractivity contribution in [2.45, 2.75) is 6.42 Å². The van der Waals surface area contributed by atoms with Crippen LogP contribution in [0.15, 0.2) is 59.6 Å². The predicted octanol–water partition coefficient (Wildman–Crippen LogP) is 2.17. The van der Waals surface area contributed by atoms with E-state index >= 15 is 0 Å². The molecule has 0 aliphatic heterocycles. The summed E-state index contributed by atoms with van der Waals surface area (Å²) in [4.78, 5) is 15.9. The van der Waals surface area contributed by atoms with Gasteiger partial charge >= 0.3 is 0 Å². The third-order valence-corrected chi connectivity index (χ3v) is 3.32. The molecule has 0 atom stereocenters. The first-order chi connectivity index (χ1) is 11.7. The van der Waals surface area contributed by atoms with E-state index in [4.69, 9.17) is 0 Å². The van der Waals surface area contributed by atoms with Crippen LogP contribution in [0.3, 0.4) is 0 Å². The maximum Gasteiger partial charge on any atom is 0.243 e. The first kappa shape index (κ1) is 17.5. The number of benzene rings is 2. The molecule has 0 saturated heterocycles. The molecule has 0 heterocycles. The zero-order chi connectivity index (χ0) is 17.2. The number of carbonyl (C=O) groups is 1. The SMILES string of the molecule is CN=C(NCCc1ccccc1)NCC(=O)Nc1ccc(F)cc1. The third kappa shape index (κ3) is 6.08. The Hall–Kier alpha value is -2.89. The predicted molar refractivity (Wildman–Crippen MR) is 94.5 cm³/mol. The molecule has 5 nitrogen and oxygen atoms in total. The second-order valence-corrected chi connectivity index (χ2v) is 5.14. The van der Waals surface area contributed by atoms with Crippen LogP contribution in [0.4, 0.5) is 10.1 Å². The number of hydrogen-bond acceptors (Lipinski definition) is 2. The van der Waals surface area contributed by atoms with Crippen molar-refractivity contribution in [1.29, 1.82) is 0 Å². The van der Waals surface area contributed by atoms with E-state index in [9.17, 15) is 9.18 Å². The second-order valence-electron chi connectivity index (χ2n) is 5.14. The van der Waals surface area contributed by atoms with Gasteiger partial charge in [-0.2, -0.15) is 0 Å². The van der Waals surface area contributed by atoms with Gasteiger partial charge in [-0.1, -0.05) is 30.3 Å². The first-order valence-electron chi connectivity index (χ1n) is 7.71. The second kappa shape index (κ2) is 9.29. The molecule has 1 amide bonds. The van der Waals surface area contributed by atoms with E-state index in [0.29, 0.717) is 18.2 Å². The Morgan fingerprint density at radius 1 is 1.04 bits per heavy atom. The van der Waals surface area contributed by atoms with E-state index in [-0.39, 0.29) is 18.3 Å². The summed E-state index contributed by atoms with van der Waals surface area (Å²) in [5.74, 6) is -0.0121. The lowest BCUT2D eigenvalue weighted by molar-refractivity contribution is -0.115. The molecule has 0 saturated carbocycles. The smallest absolute Gasteiger partial charge is 0.243 e. The molecule has 0 aliphatic rings. The zero-order valence-corrected chi connectivity index (χ0v) is 13.6. The lowest BCUT2D eigenvalue weighted by Crippen LogP contribution is -2.42. The molecular formula is C18H21FN4O. The molecule has 0 radical (unpaired) electrons. The number of guanidine groups is 1. The van der Waals surface area contributed by atoms with Gasteiger partial charge in [-0.3, -0.25) is 9.79 Å². The van der Waals surface area contributed by atoms with Crippen LogP contribution in [-0.4, -0.2) is 32.0 Å².